The number of hydrogen-bond donors (Lipinski definition) is 2. The van der Waals surface area contributed by atoms with Gasteiger partial charge in [-0.3, -0.25) is 4.79 Å². The van der Waals surface area contributed by atoms with Crippen LogP contribution in [0.1, 0.15) is 43.5 Å². The Hall–Kier alpha value is -3.61. The van der Waals surface area contributed by atoms with Gasteiger partial charge in [0, 0.05) is 36.3 Å². The van der Waals surface area contributed by atoms with Crippen molar-refractivity contribution in [2.24, 2.45) is 5.41 Å². The quantitative estimate of drug-likeness (QED) is 0.423. The normalized spacial score (nSPS) is 15.1. The van der Waals surface area contributed by atoms with E-state index in [-0.39, 0.29) is 17.7 Å². The zero-order valence-electron chi connectivity index (χ0n) is 21.2. The molecule has 1 aromatic heterocycles. The number of nitrogens with two attached hydrogens (primary N) is 1. The molecule has 6 nitrogen and oxygen atoms in total. The van der Waals surface area contributed by atoms with Gasteiger partial charge < -0.3 is 20.5 Å². The molecule has 2 aromatic carbocycles. The molecule has 190 valence electrons. The molecule has 0 atom stereocenters. The first-order chi connectivity index (χ1) is 17.1. The van der Waals surface area contributed by atoms with Gasteiger partial charge in [0.2, 0.25) is 0 Å². The van der Waals surface area contributed by atoms with E-state index in [4.69, 9.17) is 10.5 Å². The number of carboxylic acids is 1. The number of carboxylic acid groups (broad SMARTS) is 1. The molecular weight excluding hydrogens is 457 g/mol. The van der Waals surface area contributed by atoms with Crippen LogP contribution in [0.3, 0.4) is 0 Å². The maximum Gasteiger partial charge on any atom is 0.307 e. The molecule has 4 rings (SSSR count). The van der Waals surface area contributed by atoms with E-state index in [1.165, 1.54) is 12.1 Å². The Balaban J connectivity index is 1.61. The summed E-state index contributed by atoms with van der Waals surface area (Å²) >= 11 is 0. The fourth-order valence-electron chi connectivity index (χ4n) is 4.74. The first kappa shape index (κ1) is 25.5. The summed E-state index contributed by atoms with van der Waals surface area (Å²) in [6.07, 6.45) is 2.60. The molecule has 1 aliphatic heterocycles. The highest BCUT2D eigenvalue weighted by molar-refractivity contribution is 5.90. The lowest BCUT2D eigenvalue weighted by molar-refractivity contribution is -0.136. The molecule has 2 heterocycles. The van der Waals surface area contributed by atoms with Crippen molar-refractivity contribution in [3.05, 3.63) is 71.2 Å². The van der Waals surface area contributed by atoms with Crippen LogP contribution in [-0.2, 0) is 17.6 Å². The number of rotatable bonds is 8. The number of piperidine rings is 1. The smallest absolute Gasteiger partial charge is 0.307 e. The van der Waals surface area contributed by atoms with Crippen LogP contribution in [0.5, 0.6) is 5.75 Å². The Bertz CT molecular complexity index is 1210. The van der Waals surface area contributed by atoms with Gasteiger partial charge >= 0.3 is 5.97 Å². The number of nitrogens with zero attached hydrogens (tertiary/aromatic N) is 2. The molecule has 0 saturated carbocycles. The SMILES string of the molecule is Cc1nc(N)c(-c2ccc(OCCc3ccc(F)cc3)cc2)c(N2CCC(C)(C)CC2)c1CC(=O)O. The van der Waals surface area contributed by atoms with Gasteiger partial charge in [0.1, 0.15) is 17.4 Å². The van der Waals surface area contributed by atoms with E-state index in [0.717, 1.165) is 48.3 Å². The van der Waals surface area contributed by atoms with Crippen molar-refractivity contribution < 1.29 is 19.0 Å². The molecule has 0 spiro atoms. The fourth-order valence-corrected chi connectivity index (χ4v) is 4.74. The molecular formula is C29H34FN3O3. The minimum Gasteiger partial charge on any atom is -0.493 e. The first-order valence-electron chi connectivity index (χ1n) is 12.4. The first-order valence-corrected chi connectivity index (χ1v) is 12.4. The van der Waals surface area contributed by atoms with Gasteiger partial charge in [-0.05, 0) is 60.6 Å². The summed E-state index contributed by atoms with van der Waals surface area (Å²) in [6.45, 7) is 8.50. The largest absolute Gasteiger partial charge is 0.493 e. The maximum absolute atomic E-state index is 13.1. The molecule has 1 saturated heterocycles. The highest BCUT2D eigenvalue weighted by Crippen LogP contribution is 2.42. The molecule has 0 bridgehead atoms. The number of aryl methyl sites for hydroxylation is 1. The van der Waals surface area contributed by atoms with Crippen LogP contribution < -0.4 is 15.4 Å². The van der Waals surface area contributed by atoms with E-state index in [1.807, 2.05) is 31.2 Å². The minimum atomic E-state index is -0.890. The number of benzene rings is 2. The molecule has 3 aromatic rings. The number of pyridine rings is 1. The summed E-state index contributed by atoms with van der Waals surface area (Å²) in [4.78, 5) is 18.5. The molecule has 0 amide bonds. The Labute approximate surface area is 211 Å². The minimum absolute atomic E-state index is 0.105. The number of halogens is 1. The second-order valence-corrected chi connectivity index (χ2v) is 10.3. The molecule has 1 aliphatic rings. The predicted octanol–water partition coefficient (Wildman–Crippen LogP) is 5.65. The highest BCUT2D eigenvalue weighted by Gasteiger charge is 2.30. The Morgan fingerprint density at radius 1 is 1.11 bits per heavy atom. The van der Waals surface area contributed by atoms with Gasteiger partial charge in [0.05, 0.1) is 18.7 Å². The van der Waals surface area contributed by atoms with Gasteiger partial charge in [0.15, 0.2) is 0 Å². The molecule has 7 heteroatoms. The van der Waals surface area contributed by atoms with Gasteiger partial charge in [-0.15, -0.1) is 0 Å². The van der Waals surface area contributed by atoms with Gasteiger partial charge in [-0.2, -0.15) is 0 Å². The van der Waals surface area contributed by atoms with Crippen molar-refractivity contribution in [3.63, 3.8) is 0 Å². The second kappa shape index (κ2) is 10.6. The van der Waals surface area contributed by atoms with E-state index in [0.29, 0.717) is 35.9 Å². The number of ether oxygens (including phenoxy) is 1. The van der Waals surface area contributed by atoms with E-state index < -0.39 is 5.97 Å². The van der Waals surface area contributed by atoms with E-state index in [1.54, 1.807) is 12.1 Å². The van der Waals surface area contributed by atoms with E-state index in [9.17, 15) is 14.3 Å². The van der Waals surface area contributed by atoms with Crippen LogP contribution in [-0.4, -0.2) is 35.8 Å². The highest BCUT2D eigenvalue weighted by atomic mass is 19.1. The van der Waals surface area contributed by atoms with Crippen LogP contribution in [0, 0.1) is 18.2 Å². The molecule has 36 heavy (non-hydrogen) atoms. The van der Waals surface area contributed by atoms with Gasteiger partial charge in [0.25, 0.3) is 0 Å². The molecule has 0 unspecified atom stereocenters. The Kier molecular flexibility index (Phi) is 7.48. The number of anilines is 2. The lowest BCUT2D eigenvalue weighted by Gasteiger charge is -2.40. The number of aliphatic carboxylic acids is 1. The standard InChI is InChI=1S/C29H34FN3O3/c1-19-24(18-25(34)35)27(33-15-13-29(2,3)14-16-33)26(28(31)32-19)21-6-10-23(11-7-21)36-17-12-20-4-8-22(30)9-5-20/h4-11H,12-18H2,1-3H3,(H2,31,32)(H,34,35). The number of hydrogen-bond acceptors (Lipinski definition) is 5. The summed E-state index contributed by atoms with van der Waals surface area (Å²) in [6, 6.07) is 14.1. The zero-order valence-corrected chi connectivity index (χ0v) is 21.2. The summed E-state index contributed by atoms with van der Waals surface area (Å²) in [5, 5.41) is 9.63. The Morgan fingerprint density at radius 2 is 1.75 bits per heavy atom. The average molecular weight is 492 g/mol. The zero-order chi connectivity index (χ0) is 25.9. The van der Waals surface area contributed by atoms with Crippen molar-refractivity contribution in [3.8, 4) is 16.9 Å². The van der Waals surface area contributed by atoms with Gasteiger partial charge in [-0.25, -0.2) is 9.37 Å². The van der Waals surface area contributed by atoms with E-state index >= 15 is 0 Å². The van der Waals surface area contributed by atoms with Gasteiger partial charge in [-0.1, -0.05) is 38.1 Å². The third-order valence-electron chi connectivity index (χ3n) is 6.98. The topological polar surface area (TPSA) is 88.7 Å². The third kappa shape index (κ3) is 5.96. The van der Waals surface area contributed by atoms with Crippen molar-refractivity contribution in [1.82, 2.24) is 4.98 Å². The summed E-state index contributed by atoms with van der Waals surface area (Å²) in [7, 11) is 0. The number of aromatic nitrogens is 1. The fraction of sp³-hybridized carbons (Fsp3) is 0.379. The molecule has 1 fully saturated rings. The van der Waals surface area contributed by atoms with Crippen LogP contribution in [0.4, 0.5) is 15.9 Å². The molecule has 0 radical (unpaired) electrons. The lowest BCUT2D eigenvalue weighted by Crippen LogP contribution is -2.38. The molecule has 3 N–H and O–H groups in total. The summed E-state index contributed by atoms with van der Waals surface area (Å²) in [5.74, 6) is -0.0311. The monoisotopic (exact) mass is 491 g/mol. The molecule has 0 aliphatic carbocycles. The lowest BCUT2D eigenvalue weighted by atomic mass is 9.82. The maximum atomic E-state index is 13.1. The number of nitrogen functional groups attached to an aromatic ring is 1. The van der Waals surface area contributed by atoms with Crippen molar-refractivity contribution in [2.75, 3.05) is 30.3 Å². The average Bonchev–Trinajstić information content (AvgIpc) is 2.82. The van der Waals surface area contributed by atoms with Crippen LogP contribution >= 0.6 is 0 Å². The van der Waals surface area contributed by atoms with Crippen LogP contribution in [0.15, 0.2) is 48.5 Å². The van der Waals surface area contributed by atoms with Crippen LogP contribution in [0.2, 0.25) is 0 Å². The second-order valence-electron chi connectivity index (χ2n) is 10.3. The van der Waals surface area contributed by atoms with E-state index in [2.05, 4.69) is 23.7 Å². The van der Waals surface area contributed by atoms with Crippen molar-refractivity contribution >= 4 is 17.5 Å². The summed E-state index contributed by atoms with van der Waals surface area (Å²) in [5.41, 5.74) is 11.6. The predicted molar refractivity (Wildman–Crippen MR) is 141 cm³/mol. The Morgan fingerprint density at radius 3 is 2.36 bits per heavy atom. The van der Waals surface area contributed by atoms with Crippen molar-refractivity contribution in [2.45, 2.75) is 46.5 Å². The summed E-state index contributed by atoms with van der Waals surface area (Å²) < 4.78 is 19.0. The third-order valence-corrected chi connectivity index (χ3v) is 6.98. The van der Waals surface area contributed by atoms with Crippen LogP contribution in [0.25, 0.3) is 11.1 Å². The number of carbonyl (C=O) groups is 1. The van der Waals surface area contributed by atoms with Crippen molar-refractivity contribution in [1.29, 1.82) is 0 Å².